The molecule has 1 nitrogen and oxygen atoms in total. The van der Waals surface area contributed by atoms with Crippen LogP contribution in [0.2, 0.25) is 0 Å². The summed E-state index contributed by atoms with van der Waals surface area (Å²) < 4.78 is 23.2. The van der Waals surface area contributed by atoms with Crippen molar-refractivity contribution in [3.63, 3.8) is 0 Å². The van der Waals surface area contributed by atoms with Crippen LogP contribution in [-0.4, -0.2) is 17.1 Å². The summed E-state index contributed by atoms with van der Waals surface area (Å²) in [7, 11) is 0. The van der Waals surface area contributed by atoms with E-state index in [1.165, 1.54) is 0 Å². The molecule has 0 aliphatic heterocycles. The minimum Gasteiger partial charge on any atom is -0.390 e. The molecule has 0 rings (SSSR count). The van der Waals surface area contributed by atoms with Crippen LogP contribution in [0.4, 0.5) is 8.78 Å². The Morgan fingerprint density at radius 3 is 2.30 bits per heavy atom. The van der Waals surface area contributed by atoms with Gasteiger partial charge in [0.2, 0.25) is 6.43 Å². The minimum absolute atomic E-state index is 0.182. The Labute approximate surface area is 60.1 Å². The van der Waals surface area contributed by atoms with Gasteiger partial charge in [0.05, 0.1) is 5.60 Å². The van der Waals surface area contributed by atoms with Crippen LogP contribution >= 0.6 is 0 Å². The molecule has 0 amide bonds. The second-order valence-corrected chi connectivity index (χ2v) is 2.78. The predicted octanol–water partition coefficient (Wildman–Crippen LogP) is 2.19. The molecule has 1 unspecified atom stereocenters. The maximum atomic E-state index is 11.6. The van der Waals surface area contributed by atoms with E-state index in [2.05, 4.69) is 0 Å². The van der Waals surface area contributed by atoms with E-state index in [4.69, 9.17) is 0 Å². The summed E-state index contributed by atoms with van der Waals surface area (Å²) >= 11 is 0. The molecule has 0 spiro atoms. The summed E-state index contributed by atoms with van der Waals surface area (Å²) in [5.41, 5.74) is -0.906. The fourth-order valence-electron chi connectivity index (χ4n) is 0.597. The van der Waals surface area contributed by atoms with Gasteiger partial charge in [-0.15, -0.1) is 0 Å². The highest BCUT2D eigenvalue weighted by Gasteiger charge is 2.19. The van der Waals surface area contributed by atoms with Gasteiger partial charge in [0.25, 0.3) is 0 Å². The van der Waals surface area contributed by atoms with Crippen molar-refractivity contribution in [3.05, 3.63) is 0 Å². The van der Waals surface area contributed by atoms with Crippen molar-refractivity contribution in [1.29, 1.82) is 0 Å². The topological polar surface area (TPSA) is 20.2 Å². The quantitative estimate of drug-likeness (QED) is 0.654. The average Bonchev–Trinajstić information content (AvgIpc) is 1.85. The fourth-order valence-corrected chi connectivity index (χ4v) is 0.597. The molecular weight excluding hydrogens is 138 g/mol. The third-order valence-corrected chi connectivity index (χ3v) is 1.66. The Hall–Kier alpha value is -0.180. The molecule has 0 aromatic heterocycles. The van der Waals surface area contributed by atoms with E-state index in [-0.39, 0.29) is 12.8 Å². The third-order valence-electron chi connectivity index (χ3n) is 1.66. The van der Waals surface area contributed by atoms with Gasteiger partial charge in [-0.25, -0.2) is 8.78 Å². The molecule has 0 heterocycles. The summed E-state index contributed by atoms with van der Waals surface area (Å²) in [6, 6.07) is 0. The molecule has 0 saturated carbocycles. The van der Waals surface area contributed by atoms with E-state index in [0.717, 1.165) is 0 Å². The van der Waals surface area contributed by atoms with Gasteiger partial charge in [-0.1, -0.05) is 6.92 Å². The minimum atomic E-state index is -2.29. The maximum Gasteiger partial charge on any atom is 0.238 e. The standard InChI is InChI=1S/C7H14F2O/c1-3-7(2,10)5-4-6(8)9/h6,10H,3-5H2,1-2H3. The smallest absolute Gasteiger partial charge is 0.238 e. The van der Waals surface area contributed by atoms with Crippen LogP contribution in [0, 0.1) is 0 Å². The monoisotopic (exact) mass is 152 g/mol. The van der Waals surface area contributed by atoms with Crippen molar-refractivity contribution >= 4 is 0 Å². The van der Waals surface area contributed by atoms with Gasteiger partial charge in [-0.3, -0.25) is 0 Å². The Kier molecular flexibility index (Phi) is 3.79. The molecule has 0 radical (unpaired) electrons. The summed E-state index contributed by atoms with van der Waals surface area (Å²) in [6.07, 6.45) is -1.79. The molecule has 0 aliphatic rings. The third kappa shape index (κ3) is 4.68. The fraction of sp³-hybridized carbons (Fsp3) is 1.00. The lowest BCUT2D eigenvalue weighted by Crippen LogP contribution is -2.23. The molecule has 0 saturated heterocycles. The van der Waals surface area contributed by atoms with Gasteiger partial charge < -0.3 is 5.11 Å². The van der Waals surface area contributed by atoms with E-state index in [0.29, 0.717) is 6.42 Å². The number of aliphatic hydroxyl groups is 1. The lowest BCUT2D eigenvalue weighted by molar-refractivity contribution is 0.0226. The van der Waals surface area contributed by atoms with Crippen LogP contribution < -0.4 is 0 Å². The molecule has 3 heteroatoms. The summed E-state index contributed by atoms with van der Waals surface area (Å²) in [4.78, 5) is 0. The highest BCUT2D eigenvalue weighted by molar-refractivity contribution is 4.69. The first-order valence-corrected chi connectivity index (χ1v) is 3.48. The lowest BCUT2D eigenvalue weighted by Gasteiger charge is -2.20. The molecular formula is C7H14F2O. The van der Waals surface area contributed by atoms with Crippen molar-refractivity contribution in [3.8, 4) is 0 Å². The van der Waals surface area contributed by atoms with Crippen molar-refractivity contribution in [2.24, 2.45) is 0 Å². The van der Waals surface area contributed by atoms with Crippen molar-refractivity contribution in [2.75, 3.05) is 0 Å². The molecule has 10 heavy (non-hydrogen) atoms. The number of rotatable bonds is 4. The second kappa shape index (κ2) is 3.86. The highest BCUT2D eigenvalue weighted by atomic mass is 19.3. The first-order chi connectivity index (χ1) is 4.48. The largest absolute Gasteiger partial charge is 0.390 e. The van der Waals surface area contributed by atoms with E-state index in [9.17, 15) is 13.9 Å². The summed E-state index contributed by atoms with van der Waals surface area (Å²) in [5.74, 6) is 0. The Morgan fingerprint density at radius 1 is 1.50 bits per heavy atom. The highest BCUT2D eigenvalue weighted by Crippen LogP contribution is 2.18. The maximum absolute atomic E-state index is 11.6. The number of hydrogen-bond donors (Lipinski definition) is 1. The molecule has 0 aromatic rings. The van der Waals surface area contributed by atoms with Gasteiger partial charge in [0.15, 0.2) is 0 Å². The van der Waals surface area contributed by atoms with E-state index in [1.807, 2.05) is 0 Å². The predicted molar refractivity (Wildman–Crippen MR) is 36.2 cm³/mol. The first kappa shape index (κ1) is 9.82. The Balaban J connectivity index is 3.46. The lowest BCUT2D eigenvalue weighted by atomic mass is 9.98. The van der Waals surface area contributed by atoms with Crippen molar-refractivity contribution in [1.82, 2.24) is 0 Å². The van der Waals surface area contributed by atoms with E-state index >= 15 is 0 Å². The molecule has 62 valence electrons. The van der Waals surface area contributed by atoms with Gasteiger partial charge in [0, 0.05) is 6.42 Å². The van der Waals surface area contributed by atoms with Gasteiger partial charge >= 0.3 is 0 Å². The first-order valence-electron chi connectivity index (χ1n) is 3.48. The molecule has 1 atom stereocenters. The summed E-state index contributed by atoms with van der Waals surface area (Å²) in [6.45, 7) is 3.36. The zero-order valence-corrected chi connectivity index (χ0v) is 6.40. The normalized spacial score (nSPS) is 17.4. The second-order valence-electron chi connectivity index (χ2n) is 2.78. The summed E-state index contributed by atoms with van der Waals surface area (Å²) in [5, 5.41) is 9.24. The van der Waals surface area contributed by atoms with E-state index < -0.39 is 12.0 Å². The van der Waals surface area contributed by atoms with Gasteiger partial charge in [0.1, 0.15) is 0 Å². The molecule has 0 aliphatic carbocycles. The number of hydrogen-bond acceptors (Lipinski definition) is 1. The van der Waals surface area contributed by atoms with Crippen LogP contribution in [-0.2, 0) is 0 Å². The molecule has 0 aromatic carbocycles. The van der Waals surface area contributed by atoms with Crippen LogP contribution in [0.15, 0.2) is 0 Å². The molecule has 1 N–H and O–H groups in total. The van der Waals surface area contributed by atoms with Crippen molar-refractivity contribution in [2.45, 2.75) is 45.1 Å². The average molecular weight is 152 g/mol. The van der Waals surface area contributed by atoms with Crippen LogP contribution in [0.5, 0.6) is 0 Å². The van der Waals surface area contributed by atoms with E-state index in [1.54, 1.807) is 13.8 Å². The van der Waals surface area contributed by atoms with Gasteiger partial charge in [-0.2, -0.15) is 0 Å². The Morgan fingerprint density at radius 2 is 2.00 bits per heavy atom. The Bertz CT molecular complexity index is 91.6. The SMILES string of the molecule is CCC(C)(O)CCC(F)F. The zero-order valence-electron chi connectivity index (χ0n) is 6.40. The van der Waals surface area contributed by atoms with Crippen LogP contribution in [0.25, 0.3) is 0 Å². The van der Waals surface area contributed by atoms with Crippen LogP contribution in [0.1, 0.15) is 33.1 Å². The van der Waals surface area contributed by atoms with Gasteiger partial charge in [-0.05, 0) is 19.8 Å². The zero-order chi connectivity index (χ0) is 8.20. The molecule has 0 bridgehead atoms. The van der Waals surface area contributed by atoms with Crippen LogP contribution in [0.3, 0.4) is 0 Å². The molecule has 0 fully saturated rings. The number of alkyl halides is 2. The van der Waals surface area contributed by atoms with Crippen molar-refractivity contribution < 1.29 is 13.9 Å². The number of halogens is 2.